The van der Waals surface area contributed by atoms with Crippen molar-refractivity contribution >= 4 is 35.5 Å². The molecule has 7 nitrogen and oxygen atoms in total. The lowest BCUT2D eigenvalue weighted by Gasteiger charge is -2.22. The van der Waals surface area contributed by atoms with Gasteiger partial charge in [0.15, 0.2) is 23.9 Å². The van der Waals surface area contributed by atoms with Crippen molar-refractivity contribution in [3.8, 4) is 11.5 Å². The first kappa shape index (κ1) is 27.2. The monoisotopic (exact) mass is 539 g/mol. The predicted octanol–water partition coefficient (Wildman–Crippen LogP) is 5.97. The number of aromatic nitrogens is 1. The van der Waals surface area contributed by atoms with Crippen LogP contribution in [0.2, 0.25) is 10.0 Å². The van der Waals surface area contributed by atoms with Crippen LogP contribution in [-0.4, -0.2) is 25.0 Å². The summed E-state index contributed by atoms with van der Waals surface area (Å²) in [6, 6.07) is 9.92. The molecule has 36 heavy (non-hydrogen) atoms. The molecular formula is C25H21Cl2F2NO6. The minimum atomic E-state index is -3.07. The van der Waals surface area contributed by atoms with Crippen LogP contribution >= 0.6 is 23.2 Å². The zero-order valence-corrected chi connectivity index (χ0v) is 20.6. The zero-order valence-electron chi connectivity index (χ0n) is 19.1. The van der Waals surface area contributed by atoms with Gasteiger partial charge in [0.2, 0.25) is 0 Å². The Labute approximate surface area is 215 Å². The summed E-state index contributed by atoms with van der Waals surface area (Å²) in [6.45, 7) is 0.344. The molecule has 0 aliphatic carbocycles. The fourth-order valence-electron chi connectivity index (χ4n) is 3.30. The van der Waals surface area contributed by atoms with Gasteiger partial charge in [0.05, 0.1) is 11.7 Å². The number of esters is 1. The molecular weight excluding hydrogens is 519 g/mol. The highest BCUT2D eigenvalue weighted by Crippen LogP contribution is 2.36. The highest BCUT2D eigenvalue weighted by Gasteiger charge is 2.25. The number of carbonyl (C=O) groups excluding carboxylic acids is 2. The van der Waals surface area contributed by atoms with Gasteiger partial charge in [-0.05, 0) is 43.7 Å². The van der Waals surface area contributed by atoms with Crippen molar-refractivity contribution in [3.05, 3.63) is 92.4 Å². The van der Waals surface area contributed by atoms with Gasteiger partial charge in [0.25, 0.3) is 0 Å². The molecule has 1 atom stereocenters. The van der Waals surface area contributed by atoms with Gasteiger partial charge in [0.1, 0.15) is 22.4 Å². The molecule has 3 rings (SSSR count). The summed E-state index contributed by atoms with van der Waals surface area (Å²) >= 11 is 12.5. The molecule has 0 amide bonds. The Hall–Kier alpha value is -3.43. The van der Waals surface area contributed by atoms with Crippen molar-refractivity contribution in [2.24, 2.45) is 0 Å². The van der Waals surface area contributed by atoms with Crippen LogP contribution in [-0.2, 0) is 11.2 Å². The summed E-state index contributed by atoms with van der Waals surface area (Å²) in [5.74, 6) is -0.902. The second kappa shape index (κ2) is 12.0. The number of benzene rings is 2. The molecule has 0 fully saturated rings. The third kappa shape index (κ3) is 7.05. The van der Waals surface area contributed by atoms with Crippen LogP contribution in [0.1, 0.15) is 51.8 Å². The maximum atomic E-state index is 12.9. The lowest BCUT2D eigenvalue weighted by Crippen LogP contribution is -2.25. The normalized spacial score (nSPS) is 11.9. The topological polar surface area (TPSA) is 88.8 Å². The van der Waals surface area contributed by atoms with E-state index in [1.54, 1.807) is 13.8 Å². The van der Waals surface area contributed by atoms with E-state index >= 15 is 0 Å². The fraction of sp³-hybridized carbons (Fsp3) is 0.240. The van der Waals surface area contributed by atoms with Crippen molar-refractivity contribution in [2.75, 3.05) is 0 Å². The van der Waals surface area contributed by atoms with Crippen molar-refractivity contribution in [1.29, 1.82) is 0 Å². The van der Waals surface area contributed by atoms with Crippen LogP contribution in [0.4, 0.5) is 8.78 Å². The van der Waals surface area contributed by atoms with Crippen LogP contribution < -0.4 is 14.2 Å². The van der Waals surface area contributed by atoms with E-state index in [9.17, 15) is 23.6 Å². The Morgan fingerprint density at radius 3 is 2.22 bits per heavy atom. The van der Waals surface area contributed by atoms with Crippen LogP contribution in [0.3, 0.4) is 0 Å². The number of ether oxygens (including phenoxy) is 3. The van der Waals surface area contributed by atoms with Gasteiger partial charge in [-0.3, -0.25) is 4.79 Å². The van der Waals surface area contributed by atoms with Gasteiger partial charge in [0, 0.05) is 17.5 Å². The molecule has 0 radical (unpaired) electrons. The number of halogens is 4. The molecule has 1 heterocycles. The number of rotatable bonds is 10. The quantitative estimate of drug-likeness (QED) is 0.136. The van der Waals surface area contributed by atoms with Gasteiger partial charge in [-0.25, -0.2) is 4.79 Å². The molecule has 0 saturated carbocycles. The lowest BCUT2D eigenvalue weighted by atomic mass is 10.0. The summed E-state index contributed by atoms with van der Waals surface area (Å²) < 4.78 is 42.2. The van der Waals surface area contributed by atoms with Gasteiger partial charge >= 0.3 is 12.6 Å². The average molecular weight is 540 g/mol. The lowest BCUT2D eigenvalue weighted by molar-refractivity contribution is -0.605. The molecule has 0 bridgehead atoms. The second-order valence-electron chi connectivity index (χ2n) is 7.88. The minimum Gasteiger partial charge on any atom is -0.619 e. The molecule has 11 heteroatoms. The molecule has 3 aromatic rings. The number of aldehydes is 1. The third-order valence-corrected chi connectivity index (χ3v) is 5.55. The van der Waals surface area contributed by atoms with Crippen molar-refractivity contribution < 1.29 is 37.3 Å². The van der Waals surface area contributed by atoms with E-state index in [1.807, 2.05) is 0 Å². The second-order valence-corrected chi connectivity index (χ2v) is 8.70. The van der Waals surface area contributed by atoms with E-state index < -0.39 is 18.7 Å². The van der Waals surface area contributed by atoms with E-state index in [0.29, 0.717) is 27.7 Å². The smallest absolute Gasteiger partial charge is 0.387 e. The summed E-state index contributed by atoms with van der Waals surface area (Å²) in [4.78, 5) is 23.8. The summed E-state index contributed by atoms with van der Waals surface area (Å²) in [6.07, 6.45) is 1.41. The molecule has 2 aromatic carbocycles. The summed E-state index contributed by atoms with van der Waals surface area (Å²) in [5, 5.41) is 11.7. The van der Waals surface area contributed by atoms with E-state index in [1.165, 1.54) is 42.5 Å². The molecule has 0 aliphatic heterocycles. The van der Waals surface area contributed by atoms with Crippen molar-refractivity contribution in [1.82, 2.24) is 0 Å². The van der Waals surface area contributed by atoms with Gasteiger partial charge < -0.3 is 19.4 Å². The highest BCUT2D eigenvalue weighted by atomic mass is 35.5. The van der Waals surface area contributed by atoms with Crippen LogP contribution in [0.15, 0.2) is 54.9 Å². The average Bonchev–Trinajstić information content (AvgIpc) is 2.81. The molecule has 0 aliphatic rings. The Bertz CT molecular complexity index is 1210. The van der Waals surface area contributed by atoms with Gasteiger partial charge in [-0.1, -0.05) is 41.4 Å². The zero-order chi connectivity index (χ0) is 26.4. The minimum absolute atomic E-state index is 0.0156. The largest absolute Gasteiger partial charge is 0.619 e. The first-order chi connectivity index (χ1) is 17.1. The van der Waals surface area contributed by atoms with Crippen molar-refractivity contribution in [3.63, 3.8) is 0 Å². The van der Waals surface area contributed by atoms with Crippen molar-refractivity contribution in [2.45, 2.75) is 39.1 Å². The van der Waals surface area contributed by atoms with Crippen LogP contribution in [0, 0.1) is 5.21 Å². The van der Waals surface area contributed by atoms with Crippen LogP contribution in [0.5, 0.6) is 11.5 Å². The molecule has 190 valence electrons. The molecule has 1 aromatic heterocycles. The molecule has 0 unspecified atom stereocenters. The highest BCUT2D eigenvalue weighted by molar-refractivity contribution is 6.35. The predicted molar refractivity (Wildman–Crippen MR) is 128 cm³/mol. The first-order valence-electron chi connectivity index (χ1n) is 10.7. The summed E-state index contributed by atoms with van der Waals surface area (Å²) in [7, 11) is 0. The number of hydrogen-bond donors (Lipinski definition) is 0. The number of hydrogen-bond acceptors (Lipinski definition) is 6. The maximum Gasteiger partial charge on any atom is 0.387 e. The van der Waals surface area contributed by atoms with E-state index in [-0.39, 0.29) is 39.6 Å². The molecule has 0 N–H and O–H groups in total. The number of carbonyl (C=O) groups is 2. The Morgan fingerprint density at radius 1 is 1.03 bits per heavy atom. The Balaban J connectivity index is 2.03. The van der Waals surface area contributed by atoms with Gasteiger partial charge in [-0.15, -0.1) is 0 Å². The maximum absolute atomic E-state index is 12.9. The molecule has 0 spiro atoms. The number of nitrogens with zero attached hydrogens (tertiary/aromatic N) is 1. The third-order valence-electron chi connectivity index (χ3n) is 4.90. The first-order valence-corrected chi connectivity index (χ1v) is 11.4. The van der Waals surface area contributed by atoms with Crippen LogP contribution in [0.25, 0.3) is 0 Å². The molecule has 0 saturated heterocycles. The number of pyridine rings is 1. The van der Waals surface area contributed by atoms with E-state index in [2.05, 4.69) is 4.74 Å². The summed E-state index contributed by atoms with van der Waals surface area (Å²) in [5.41, 5.74) is 1.25. The SMILES string of the molecule is CC(C)Oc1cc([C@H](Cc2c(Cl)c[n+]([O-])cc2Cl)OC(=O)c2ccc(C=O)cc2)ccc1OC(F)F. The standard InChI is InChI=1S/C25H21Cl2F2NO6/c1-14(2)34-23-9-17(7-8-21(23)36-25(28)29)22(10-18-19(26)11-30(33)12-20(18)27)35-24(32)16-5-3-15(13-31)4-6-16/h3-9,11-14,22,25H,10H2,1-2H3/t22-/m0/s1. The number of alkyl halides is 2. The van der Waals surface area contributed by atoms with E-state index in [4.69, 9.17) is 32.7 Å². The van der Waals surface area contributed by atoms with Gasteiger partial charge in [-0.2, -0.15) is 13.5 Å². The fourth-order valence-corrected chi connectivity index (χ4v) is 3.90. The Morgan fingerprint density at radius 2 is 1.67 bits per heavy atom. The Kier molecular flexibility index (Phi) is 9.06. The van der Waals surface area contributed by atoms with E-state index in [0.717, 1.165) is 12.4 Å².